The minimum absolute atomic E-state index is 0.0500. The number of hydrogen-bond acceptors (Lipinski definition) is 4. The van der Waals surface area contributed by atoms with E-state index in [0.717, 1.165) is 37.0 Å². The fraction of sp³-hybridized carbons (Fsp3) is 0.636. The number of carbonyl (C=O) groups is 2. The van der Waals surface area contributed by atoms with E-state index in [1.165, 1.54) is 0 Å². The Morgan fingerprint density at radius 1 is 1.21 bits per heavy atom. The van der Waals surface area contributed by atoms with E-state index in [0.29, 0.717) is 39.3 Å². The van der Waals surface area contributed by atoms with Crippen molar-refractivity contribution in [3.05, 3.63) is 29.8 Å². The van der Waals surface area contributed by atoms with E-state index in [9.17, 15) is 9.59 Å². The van der Waals surface area contributed by atoms with Gasteiger partial charge in [0, 0.05) is 32.2 Å². The standard InChI is InChI=1S/C22H32N2O4/c1-3-28-18-8-6-17(7-9-18)14-20(25)24-15-19(21(26)23-12-13-27-2)22(16-24)10-4-5-11-22/h6-9,19H,3-5,10-16H2,1-2H3,(H,23,26). The molecule has 1 aliphatic heterocycles. The molecule has 6 heteroatoms. The van der Waals surface area contributed by atoms with E-state index in [1.54, 1.807) is 7.11 Å². The van der Waals surface area contributed by atoms with Gasteiger partial charge in [0.15, 0.2) is 0 Å². The van der Waals surface area contributed by atoms with Gasteiger partial charge in [0.2, 0.25) is 11.8 Å². The highest BCUT2D eigenvalue weighted by atomic mass is 16.5. The van der Waals surface area contributed by atoms with Crippen molar-refractivity contribution in [3.63, 3.8) is 0 Å². The molecular weight excluding hydrogens is 356 g/mol. The molecule has 2 fully saturated rings. The van der Waals surface area contributed by atoms with Gasteiger partial charge in [-0.3, -0.25) is 9.59 Å². The van der Waals surface area contributed by atoms with E-state index in [-0.39, 0.29) is 23.1 Å². The Balaban J connectivity index is 1.63. The van der Waals surface area contributed by atoms with Crippen LogP contribution in [-0.2, 0) is 20.7 Å². The number of carbonyl (C=O) groups excluding carboxylic acids is 2. The Morgan fingerprint density at radius 3 is 2.57 bits per heavy atom. The molecule has 154 valence electrons. The van der Waals surface area contributed by atoms with Crippen LogP contribution in [0.5, 0.6) is 5.75 Å². The van der Waals surface area contributed by atoms with Crippen molar-refractivity contribution in [3.8, 4) is 5.75 Å². The predicted octanol–water partition coefficient (Wildman–Crippen LogP) is 2.41. The molecule has 1 heterocycles. The van der Waals surface area contributed by atoms with Crippen LogP contribution >= 0.6 is 0 Å². The molecule has 28 heavy (non-hydrogen) atoms. The lowest BCUT2D eigenvalue weighted by Gasteiger charge is -2.28. The van der Waals surface area contributed by atoms with Crippen LogP contribution in [-0.4, -0.2) is 56.7 Å². The quantitative estimate of drug-likeness (QED) is 0.695. The summed E-state index contributed by atoms with van der Waals surface area (Å²) in [5.74, 6) is 0.867. The van der Waals surface area contributed by atoms with Crippen molar-refractivity contribution in [2.24, 2.45) is 11.3 Å². The van der Waals surface area contributed by atoms with Gasteiger partial charge in [-0.05, 0) is 37.5 Å². The maximum Gasteiger partial charge on any atom is 0.227 e. The van der Waals surface area contributed by atoms with Gasteiger partial charge in [-0.25, -0.2) is 0 Å². The highest BCUT2D eigenvalue weighted by molar-refractivity contribution is 5.84. The highest BCUT2D eigenvalue weighted by Gasteiger charge is 2.52. The molecule has 1 spiro atoms. The average Bonchev–Trinajstić information content (AvgIpc) is 3.31. The summed E-state index contributed by atoms with van der Waals surface area (Å²) in [7, 11) is 1.63. The summed E-state index contributed by atoms with van der Waals surface area (Å²) in [6, 6.07) is 7.69. The van der Waals surface area contributed by atoms with E-state index in [2.05, 4.69) is 5.32 Å². The molecule has 0 aromatic heterocycles. The van der Waals surface area contributed by atoms with Gasteiger partial charge in [-0.2, -0.15) is 0 Å². The van der Waals surface area contributed by atoms with E-state index >= 15 is 0 Å². The number of rotatable bonds is 8. The number of benzene rings is 1. The third-order valence-electron chi connectivity index (χ3n) is 6.11. The lowest BCUT2D eigenvalue weighted by Crippen LogP contribution is -2.41. The van der Waals surface area contributed by atoms with Crippen LogP contribution in [0.4, 0.5) is 0 Å². The van der Waals surface area contributed by atoms with Crippen molar-refractivity contribution in [2.45, 2.75) is 39.0 Å². The molecule has 1 N–H and O–H groups in total. The Morgan fingerprint density at radius 2 is 1.93 bits per heavy atom. The molecule has 2 amide bonds. The van der Waals surface area contributed by atoms with Gasteiger partial charge in [-0.15, -0.1) is 0 Å². The first-order valence-corrected chi connectivity index (χ1v) is 10.3. The maximum atomic E-state index is 12.9. The molecule has 1 unspecified atom stereocenters. The SMILES string of the molecule is CCOc1ccc(CC(=O)N2CC(C(=O)NCCOC)C3(CCCC3)C2)cc1. The van der Waals surface area contributed by atoms with E-state index < -0.39 is 0 Å². The summed E-state index contributed by atoms with van der Waals surface area (Å²) in [6.45, 7) is 4.82. The minimum Gasteiger partial charge on any atom is -0.494 e. The lowest BCUT2D eigenvalue weighted by molar-refractivity contribution is -0.130. The zero-order valence-corrected chi connectivity index (χ0v) is 17.0. The molecule has 3 rings (SSSR count). The van der Waals surface area contributed by atoms with Crippen molar-refractivity contribution in [2.75, 3.05) is 40.0 Å². The summed E-state index contributed by atoms with van der Waals surface area (Å²) in [4.78, 5) is 27.6. The molecule has 1 saturated heterocycles. The first-order chi connectivity index (χ1) is 13.6. The number of nitrogens with one attached hydrogen (secondary N) is 1. The largest absolute Gasteiger partial charge is 0.494 e. The van der Waals surface area contributed by atoms with Crippen molar-refractivity contribution >= 4 is 11.8 Å². The van der Waals surface area contributed by atoms with Gasteiger partial charge in [0.05, 0.1) is 25.6 Å². The van der Waals surface area contributed by atoms with Crippen LogP contribution in [0.1, 0.15) is 38.2 Å². The van der Waals surface area contributed by atoms with Crippen LogP contribution < -0.4 is 10.1 Å². The molecule has 1 atom stereocenters. The molecule has 6 nitrogen and oxygen atoms in total. The molecule has 1 aliphatic carbocycles. The highest BCUT2D eigenvalue weighted by Crippen LogP contribution is 2.49. The zero-order chi connectivity index (χ0) is 20.0. The van der Waals surface area contributed by atoms with Gasteiger partial charge in [0.1, 0.15) is 5.75 Å². The lowest BCUT2D eigenvalue weighted by atomic mass is 9.76. The third-order valence-corrected chi connectivity index (χ3v) is 6.11. The van der Waals surface area contributed by atoms with Crippen molar-refractivity contribution in [1.82, 2.24) is 10.2 Å². The Kier molecular flexibility index (Phi) is 6.94. The summed E-state index contributed by atoms with van der Waals surface area (Å²) in [5.41, 5.74) is 0.924. The Labute approximate surface area is 167 Å². The normalized spacial score (nSPS) is 20.5. The number of ether oxygens (including phenoxy) is 2. The van der Waals surface area contributed by atoms with Crippen LogP contribution in [0.15, 0.2) is 24.3 Å². The summed E-state index contributed by atoms with van der Waals surface area (Å²) in [5, 5.41) is 2.99. The number of likely N-dealkylation sites (tertiary alicyclic amines) is 1. The number of nitrogens with zero attached hydrogens (tertiary/aromatic N) is 1. The predicted molar refractivity (Wildman–Crippen MR) is 107 cm³/mol. The average molecular weight is 389 g/mol. The smallest absolute Gasteiger partial charge is 0.227 e. The van der Waals surface area contributed by atoms with E-state index in [4.69, 9.17) is 9.47 Å². The van der Waals surface area contributed by atoms with Crippen LogP contribution in [0.25, 0.3) is 0 Å². The second-order valence-corrected chi connectivity index (χ2v) is 7.93. The Hall–Kier alpha value is -2.08. The molecule has 1 aromatic carbocycles. The zero-order valence-electron chi connectivity index (χ0n) is 17.0. The molecule has 2 aliphatic rings. The van der Waals surface area contributed by atoms with Gasteiger partial charge in [0.25, 0.3) is 0 Å². The number of methoxy groups -OCH3 is 1. The molecular formula is C22H32N2O4. The maximum absolute atomic E-state index is 12.9. The molecule has 1 aromatic rings. The summed E-state index contributed by atoms with van der Waals surface area (Å²) >= 11 is 0. The summed E-state index contributed by atoms with van der Waals surface area (Å²) < 4.78 is 10.5. The van der Waals surface area contributed by atoms with Gasteiger partial charge < -0.3 is 19.7 Å². The van der Waals surface area contributed by atoms with E-state index in [1.807, 2.05) is 36.1 Å². The summed E-state index contributed by atoms with van der Waals surface area (Å²) in [6.07, 6.45) is 4.70. The molecule has 1 saturated carbocycles. The van der Waals surface area contributed by atoms with Gasteiger partial charge >= 0.3 is 0 Å². The number of hydrogen-bond donors (Lipinski definition) is 1. The fourth-order valence-electron chi connectivity index (χ4n) is 4.66. The van der Waals surface area contributed by atoms with Gasteiger partial charge in [-0.1, -0.05) is 25.0 Å². The first-order valence-electron chi connectivity index (χ1n) is 10.3. The topological polar surface area (TPSA) is 67.9 Å². The number of amides is 2. The Bertz CT molecular complexity index is 668. The molecule has 0 bridgehead atoms. The monoisotopic (exact) mass is 388 g/mol. The van der Waals surface area contributed by atoms with Crippen LogP contribution in [0, 0.1) is 11.3 Å². The second kappa shape index (κ2) is 9.41. The first kappa shape index (κ1) is 20.6. The van der Waals surface area contributed by atoms with Crippen LogP contribution in [0.3, 0.4) is 0 Å². The minimum atomic E-state index is -0.115. The third kappa shape index (κ3) is 4.66. The second-order valence-electron chi connectivity index (χ2n) is 7.93. The van der Waals surface area contributed by atoms with Crippen LogP contribution in [0.2, 0.25) is 0 Å². The van der Waals surface area contributed by atoms with Crippen molar-refractivity contribution < 1.29 is 19.1 Å². The molecule has 0 radical (unpaired) electrons. The van der Waals surface area contributed by atoms with Crippen molar-refractivity contribution in [1.29, 1.82) is 0 Å². The fourth-order valence-corrected chi connectivity index (χ4v) is 4.66.